The SMILES string of the molecule is O=C1CCCN1CC(=O)N1C[C@@H](CO)[C@@H](CN2CCCCCC2)C1. The molecule has 6 nitrogen and oxygen atoms in total. The van der Waals surface area contributed by atoms with E-state index in [2.05, 4.69) is 4.90 Å². The monoisotopic (exact) mass is 337 g/mol. The number of carbonyl (C=O) groups excluding carboxylic acids is 2. The molecule has 3 heterocycles. The Balaban J connectivity index is 1.53. The number of hydrogen-bond donors (Lipinski definition) is 1. The van der Waals surface area contributed by atoms with Crippen molar-refractivity contribution in [3.63, 3.8) is 0 Å². The number of aliphatic hydroxyl groups is 1. The molecule has 0 unspecified atom stereocenters. The van der Waals surface area contributed by atoms with Gasteiger partial charge in [0, 0.05) is 45.1 Å². The van der Waals surface area contributed by atoms with Gasteiger partial charge in [-0.2, -0.15) is 0 Å². The van der Waals surface area contributed by atoms with Gasteiger partial charge in [0.05, 0.1) is 6.54 Å². The molecule has 0 radical (unpaired) electrons. The maximum absolute atomic E-state index is 12.5. The van der Waals surface area contributed by atoms with Gasteiger partial charge in [0.25, 0.3) is 0 Å². The Bertz CT molecular complexity index is 449. The number of amides is 2. The summed E-state index contributed by atoms with van der Waals surface area (Å²) in [7, 11) is 0. The molecule has 136 valence electrons. The van der Waals surface area contributed by atoms with Gasteiger partial charge in [0.1, 0.15) is 0 Å². The van der Waals surface area contributed by atoms with Gasteiger partial charge in [0.2, 0.25) is 11.8 Å². The summed E-state index contributed by atoms with van der Waals surface area (Å²) >= 11 is 0. The fraction of sp³-hybridized carbons (Fsp3) is 0.889. The first-order valence-electron chi connectivity index (χ1n) is 9.56. The minimum absolute atomic E-state index is 0.0436. The van der Waals surface area contributed by atoms with E-state index in [4.69, 9.17) is 0 Å². The predicted octanol–water partition coefficient (Wildman–Crippen LogP) is 0.552. The predicted molar refractivity (Wildman–Crippen MR) is 91.4 cm³/mol. The lowest BCUT2D eigenvalue weighted by atomic mass is 9.96. The first-order valence-corrected chi connectivity index (χ1v) is 9.56. The van der Waals surface area contributed by atoms with E-state index in [0.717, 1.165) is 32.6 Å². The highest BCUT2D eigenvalue weighted by molar-refractivity contribution is 5.86. The molecule has 3 aliphatic rings. The molecule has 0 spiro atoms. The van der Waals surface area contributed by atoms with Gasteiger partial charge in [0.15, 0.2) is 0 Å². The van der Waals surface area contributed by atoms with Gasteiger partial charge in [-0.25, -0.2) is 0 Å². The Hall–Kier alpha value is -1.14. The van der Waals surface area contributed by atoms with E-state index < -0.39 is 0 Å². The van der Waals surface area contributed by atoms with E-state index >= 15 is 0 Å². The van der Waals surface area contributed by atoms with Crippen LogP contribution in [0.2, 0.25) is 0 Å². The van der Waals surface area contributed by atoms with Crippen molar-refractivity contribution in [2.24, 2.45) is 11.8 Å². The van der Waals surface area contributed by atoms with Crippen molar-refractivity contribution >= 4 is 11.8 Å². The van der Waals surface area contributed by atoms with Gasteiger partial charge < -0.3 is 19.8 Å². The molecule has 3 saturated heterocycles. The second-order valence-corrected chi connectivity index (χ2v) is 7.64. The zero-order valence-electron chi connectivity index (χ0n) is 14.7. The van der Waals surface area contributed by atoms with E-state index in [9.17, 15) is 14.7 Å². The minimum Gasteiger partial charge on any atom is -0.396 e. The Morgan fingerprint density at radius 1 is 1.00 bits per heavy atom. The fourth-order valence-corrected chi connectivity index (χ4v) is 4.34. The Labute approximate surface area is 144 Å². The minimum atomic E-state index is 0.0436. The quantitative estimate of drug-likeness (QED) is 0.796. The lowest BCUT2D eigenvalue weighted by Gasteiger charge is -2.26. The molecule has 24 heavy (non-hydrogen) atoms. The Morgan fingerprint density at radius 3 is 2.33 bits per heavy atom. The van der Waals surface area contributed by atoms with Crippen molar-refractivity contribution in [1.82, 2.24) is 14.7 Å². The van der Waals surface area contributed by atoms with E-state index in [1.54, 1.807) is 4.90 Å². The average Bonchev–Trinajstić information content (AvgIpc) is 3.06. The van der Waals surface area contributed by atoms with Gasteiger partial charge in [-0.05, 0) is 38.3 Å². The van der Waals surface area contributed by atoms with Crippen molar-refractivity contribution < 1.29 is 14.7 Å². The first-order chi connectivity index (χ1) is 11.7. The number of hydrogen-bond acceptors (Lipinski definition) is 4. The van der Waals surface area contributed by atoms with E-state index in [0.29, 0.717) is 25.4 Å². The molecule has 0 aliphatic carbocycles. The molecular formula is C18H31N3O3. The van der Waals surface area contributed by atoms with Crippen LogP contribution in [0, 0.1) is 11.8 Å². The fourth-order valence-electron chi connectivity index (χ4n) is 4.34. The Morgan fingerprint density at radius 2 is 1.71 bits per heavy atom. The molecule has 0 aromatic rings. The van der Waals surface area contributed by atoms with Crippen molar-refractivity contribution in [3.05, 3.63) is 0 Å². The Kier molecular flexibility index (Phi) is 6.11. The first kappa shape index (κ1) is 17.7. The summed E-state index contributed by atoms with van der Waals surface area (Å²) in [6, 6.07) is 0. The normalized spacial score (nSPS) is 29.3. The second kappa shape index (κ2) is 8.30. The highest BCUT2D eigenvalue weighted by atomic mass is 16.3. The highest BCUT2D eigenvalue weighted by Crippen LogP contribution is 2.25. The zero-order chi connectivity index (χ0) is 16.9. The van der Waals surface area contributed by atoms with Crippen LogP contribution in [-0.2, 0) is 9.59 Å². The molecular weight excluding hydrogens is 306 g/mol. The zero-order valence-corrected chi connectivity index (χ0v) is 14.7. The molecule has 0 bridgehead atoms. The molecule has 0 aromatic carbocycles. The van der Waals surface area contributed by atoms with Crippen LogP contribution >= 0.6 is 0 Å². The van der Waals surface area contributed by atoms with Crippen molar-refractivity contribution in [2.45, 2.75) is 38.5 Å². The van der Waals surface area contributed by atoms with E-state index in [1.165, 1.54) is 25.7 Å². The number of rotatable bonds is 5. The van der Waals surface area contributed by atoms with Crippen LogP contribution in [0.4, 0.5) is 0 Å². The second-order valence-electron chi connectivity index (χ2n) is 7.64. The van der Waals surface area contributed by atoms with Crippen molar-refractivity contribution in [1.29, 1.82) is 0 Å². The number of carbonyl (C=O) groups is 2. The summed E-state index contributed by atoms with van der Waals surface area (Å²) in [6.45, 7) is 5.70. The van der Waals surface area contributed by atoms with Crippen LogP contribution in [-0.4, -0.2) is 84.0 Å². The molecule has 1 N–H and O–H groups in total. The molecule has 2 amide bonds. The summed E-state index contributed by atoms with van der Waals surface area (Å²) in [4.78, 5) is 30.3. The average molecular weight is 337 g/mol. The van der Waals surface area contributed by atoms with Crippen LogP contribution < -0.4 is 0 Å². The summed E-state index contributed by atoms with van der Waals surface area (Å²) in [5, 5.41) is 9.73. The third kappa shape index (κ3) is 4.28. The number of aliphatic hydroxyl groups excluding tert-OH is 1. The molecule has 3 aliphatic heterocycles. The lowest BCUT2D eigenvalue weighted by molar-refractivity contribution is -0.137. The maximum Gasteiger partial charge on any atom is 0.242 e. The van der Waals surface area contributed by atoms with Crippen LogP contribution in [0.3, 0.4) is 0 Å². The molecule has 3 fully saturated rings. The van der Waals surface area contributed by atoms with Gasteiger partial charge in [-0.1, -0.05) is 12.8 Å². The van der Waals surface area contributed by atoms with Crippen LogP contribution in [0.25, 0.3) is 0 Å². The van der Waals surface area contributed by atoms with Crippen molar-refractivity contribution in [2.75, 3.05) is 52.4 Å². The molecule has 0 aromatic heterocycles. The molecule has 2 atom stereocenters. The topological polar surface area (TPSA) is 64.1 Å². The summed E-state index contributed by atoms with van der Waals surface area (Å²) in [6.07, 6.45) is 6.59. The standard InChI is InChI=1S/C18H31N3O3/c22-14-16-12-21(18(24)13-20-9-5-6-17(20)23)11-15(16)10-19-7-3-1-2-4-8-19/h15-16,22H,1-14H2/t15-,16-/m0/s1. The van der Waals surface area contributed by atoms with E-state index in [1.807, 2.05) is 4.90 Å². The maximum atomic E-state index is 12.5. The lowest BCUT2D eigenvalue weighted by Crippen LogP contribution is -2.40. The summed E-state index contributed by atoms with van der Waals surface area (Å²) in [5.41, 5.74) is 0. The molecule has 6 heteroatoms. The molecule has 0 saturated carbocycles. The summed E-state index contributed by atoms with van der Waals surface area (Å²) < 4.78 is 0. The van der Waals surface area contributed by atoms with Gasteiger partial charge in [-0.3, -0.25) is 9.59 Å². The highest BCUT2D eigenvalue weighted by Gasteiger charge is 2.36. The van der Waals surface area contributed by atoms with E-state index in [-0.39, 0.29) is 30.9 Å². The third-order valence-electron chi connectivity index (χ3n) is 5.85. The summed E-state index contributed by atoms with van der Waals surface area (Å²) in [5.74, 6) is 0.669. The largest absolute Gasteiger partial charge is 0.396 e. The molecule has 3 rings (SSSR count). The van der Waals surface area contributed by atoms with Crippen LogP contribution in [0.1, 0.15) is 38.5 Å². The van der Waals surface area contributed by atoms with Crippen molar-refractivity contribution in [3.8, 4) is 0 Å². The van der Waals surface area contributed by atoms with Gasteiger partial charge in [-0.15, -0.1) is 0 Å². The van der Waals surface area contributed by atoms with Crippen LogP contribution in [0.15, 0.2) is 0 Å². The number of nitrogens with zero attached hydrogens (tertiary/aromatic N) is 3. The van der Waals surface area contributed by atoms with Gasteiger partial charge >= 0.3 is 0 Å². The van der Waals surface area contributed by atoms with Crippen LogP contribution in [0.5, 0.6) is 0 Å². The number of likely N-dealkylation sites (tertiary alicyclic amines) is 3. The third-order valence-corrected chi connectivity index (χ3v) is 5.85. The smallest absolute Gasteiger partial charge is 0.242 e.